The molecular weight excluding hydrogens is 424 g/mol. The molecule has 6 heteroatoms. The Morgan fingerprint density at radius 3 is 2.53 bits per heavy atom. The molecule has 0 amide bonds. The number of H-pyrrole nitrogens is 1. The molecule has 32 heavy (non-hydrogen) atoms. The van der Waals surface area contributed by atoms with Crippen LogP contribution < -0.4 is 5.32 Å². The number of aromatic amines is 1. The first kappa shape index (κ1) is 22.1. The van der Waals surface area contributed by atoms with Gasteiger partial charge in [0, 0.05) is 33.5 Å². The molecule has 2 aromatic rings. The zero-order valence-electron chi connectivity index (χ0n) is 19.4. The average Bonchev–Trinajstić information content (AvgIpc) is 3.14. The number of nitrogens with one attached hydrogen (secondary N) is 1. The Morgan fingerprint density at radius 2 is 1.94 bits per heavy atom. The minimum atomic E-state index is -1.59. The van der Waals surface area contributed by atoms with E-state index in [9.17, 15) is 15.0 Å². The van der Waals surface area contributed by atoms with Crippen molar-refractivity contribution in [2.24, 2.45) is 11.3 Å². The van der Waals surface area contributed by atoms with E-state index in [0.29, 0.717) is 17.7 Å². The number of aromatic nitrogens is 1. The Morgan fingerprint density at radius 1 is 1.28 bits per heavy atom. The molecule has 0 aliphatic heterocycles. The number of ketones is 1. The molecule has 0 bridgehead atoms. The van der Waals surface area contributed by atoms with E-state index in [0.717, 1.165) is 16.5 Å². The highest BCUT2D eigenvalue weighted by molar-refractivity contribution is 6.21. The van der Waals surface area contributed by atoms with Crippen LogP contribution in [-0.4, -0.2) is 38.0 Å². The van der Waals surface area contributed by atoms with Crippen LogP contribution in [0.5, 0.6) is 0 Å². The van der Waals surface area contributed by atoms with Crippen molar-refractivity contribution in [2.45, 2.75) is 74.5 Å². The number of hydrogen-bond donors (Lipinski definition) is 4. The molecule has 3 aliphatic rings. The van der Waals surface area contributed by atoms with E-state index in [2.05, 4.69) is 38.5 Å². The number of halogens is 1. The Kier molecular flexibility index (Phi) is 4.20. The van der Waals surface area contributed by atoms with Crippen molar-refractivity contribution < 1.29 is 20.3 Å². The van der Waals surface area contributed by atoms with Crippen LogP contribution in [0.15, 0.2) is 30.9 Å². The smallest absolute Gasteiger partial charge is 0.179 e. The minimum absolute atomic E-state index is 0.354. The van der Waals surface area contributed by atoms with Crippen LogP contribution in [0.1, 0.15) is 57.9 Å². The molecule has 0 unspecified atom stereocenters. The fraction of sp³-hybridized carbons (Fsp3) is 0.538. The third kappa shape index (κ3) is 1.95. The van der Waals surface area contributed by atoms with E-state index in [1.165, 1.54) is 0 Å². The highest BCUT2D eigenvalue weighted by Gasteiger charge is 2.79. The molecule has 1 aromatic heterocycles. The molecule has 1 saturated carbocycles. The number of benzene rings is 1. The number of alkyl halides is 1. The van der Waals surface area contributed by atoms with Crippen LogP contribution in [0.3, 0.4) is 0 Å². The second-order valence-corrected chi connectivity index (χ2v) is 11.8. The van der Waals surface area contributed by atoms with Crippen molar-refractivity contribution in [3.05, 3.63) is 54.7 Å². The molecule has 1 heterocycles. The highest BCUT2D eigenvalue weighted by Crippen LogP contribution is 2.68. The largest absolute Gasteiger partial charge is 0.468 e. The monoisotopic (exact) mass is 456 g/mol. The lowest BCUT2D eigenvalue weighted by atomic mass is 9.42. The summed E-state index contributed by atoms with van der Waals surface area (Å²) in [6.45, 7) is 13.8. The molecule has 5 nitrogen and oxygen atoms in total. The molecule has 0 saturated heterocycles. The van der Waals surface area contributed by atoms with E-state index in [1.54, 1.807) is 11.4 Å². The maximum atomic E-state index is 14.0. The first-order chi connectivity index (χ1) is 14.8. The first-order valence-corrected chi connectivity index (χ1v) is 11.7. The fourth-order valence-electron chi connectivity index (χ4n) is 7.56. The van der Waals surface area contributed by atoms with Gasteiger partial charge in [-0.2, -0.15) is 7.05 Å². The SMILES string of the molecule is C=C[C@@]1(C)[C@H](Cl)C[C@@H]2C(C)(C)c3cccc4[nH]c5c(c34)[C@@]2(O)[C@]1([NH2+][CH2-])[C@H](O)C(=O)C5(C)C. The van der Waals surface area contributed by atoms with Crippen LogP contribution in [0.25, 0.3) is 10.9 Å². The molecule has 172 valence electrons. The standard InChI is InChI=1S/C26H33ClN2O3/c1-8-24(6)16(27)12-15-22(2,3)13-10-9-11-14-17(13)18-19(29-14)23(4,5)20(30)21(31)26(24,28-7)25(15,18)32/h8-11,15-16,21,29,31-32H,1,7,12,28H2,2-6H3/t15-,16-,21-,24+,25-,26+/m1/s1. The third-order valence-corrected chi connectivity index (χ3v) is 10.2. The minimum Gasteiger partial charge on any atom is -0.468 e. The number of quaternary nitrogens is 1. The van der Waals surface area contributed by atoms with Crippen LogP contribution in [0.4, 0.5) is 0 Å². The molecule has 1 aromatic carbocycles. The Hall–Kier alpha value is -1.66. The van der Waals surface area contributed by atoms with Gasteiger partial charge in [-0.25, -0.2) is 0 Å². The number of rotatable bonds is 2. The average molecular weight is 457 g/mol. The van der Waals surface area contributed by atoms with Crippen LogP contribution >= 0.6 is 11.6 Å². The Labute approximate surface area is 194 Å². The zero-order chi connectivity index (χ0) is 23.6. The van der Waals surface area contributed by atoms with Gasteiger partial charge in [0.1, 0.15) is 5.54 Å². The maximum Gasteiger partial charge on any atom is 0.179 e. The van der Waals surface area contributed by atoms with E-state index in [1.807, 2.05) is 32.9 Å². The van der Waals surface area contributed by atoms with Crippen molar-refractivity contribution in [3.8, 4) is 0 Å². The molecule has 5 rings (SSSR count). The van der Waals surface area contributed by atoms with E-state index < -0.39 is 38.9 Å². The Balaban J connectivity index is 2.09. The van der Waals surface area contributed by atoms with Crippen molar-refractivity contribution in [1.82, 2.24) is 4.98 Å². The lowest BCUT2D eigenvalue weighted by Gasteiger charge is -2.66. The fourth-order valence-corrected chi connectivity index (χ4v) is 8.01. The third-order valence-electron chi connectivity index (χ3n) is 9.56. The summed E-state index contributed by atoms with van der Waals surface area (Å²) in [5.74, 6) is -0.715. The molecule has 6 atom stereocenters. The van der Waals surface area contributed by atoms with Crippen molar-refractivity contribution in [1.29, 1.82) is 0 Å². The lowest BCUT2D eigenvalue weighted by molar-refractivity contribution is -0.725. The number of aliphatic hydroxyl groups excluding tert-OH is 1. The maximum absolute atomic E-state index is 14.0. The Bertz CT molecular complexity index is 1180. The summed E-state index contributed by atoms with van der Waals surface area (Å²) in [7, 11) is 4.11. The summed E-state index contributed by atoms with van der Waals surface area (Å²) < 4.78 is 0. The number of nitrogens with two attached hydrogens (primary N) is 1. The second kappa shape index (κ2) is 6.06. The molecule has 1 fully saturated rings. The van der Waals surface area contributed by atoms with E-state index in [-0.39, 0.29) is 11.7 Å². The van der Waals surface area contributed by atoms with Crippen LogP contribution in [0, 0.1) is 18.4 Å². The van der Waals surface area contributed by atoms with Crippen molar-refractivity contribution >= 4 is 28.3 Å². The quantitative estimate of drug-likeness (QED) is 0.318. The second-order valence-electron chi connectivity index (χ2n) is 11.3. The van der Waals surface area contributed by atoms with Gasteiger partial charge >= 0.3 is 0 Å². The molecule has 0 spiro atoms. The van der Waals surface area contributed by atoms with Gasteiger partial charge in [0.15, 0.2) is 17.5 Å². The molecule has 5 N–H and O–H groups in total. The lowest BCUT2D eigenvalue weighted by Crippen LogP contribution is -3.06. The number of Topliss-reactive ketones (excluding diaryl/α,β-unsaturated/α-hetero) is 1. The summed E-state index contributed by atoms with van der Waals surface area (Å²) in [4.78, 5) is 17.4. The van der Waals surface area contributed by atoms with Gasteiger partial charge in [0.05, 0.1) is 10.8 Å². The van der Waals surface area contributed by atoms with E-state index >= 15 is 0 Å². The summed E-state index contributed by atoms with van der Waals surface area (Å²) in [6, 6.07) is 6.10. The number of carbonyl (C=O) groups is 1. The van der Waals surface area contributed by atoms with Gasteiger partial charge in [0.25, 0.3) is 0 Å². The molecule has 0 radical (unpaired) electrons. The van der Waals surface area contributed by atoms with Gasteiger partial charge < -0.3 is 20.5 Å². The van der Waals surface area contributed by atoms with Gasteiger partial charge in [-0.15, -0.1) is 18.2 Å². The number of carbonyl (C=O) groups excluding carboxylic acids is 1. The normalized spacial score (nSPS) is 41.4. The zero-order valence-corrected chi connectivity index (χ0v) is 20.2. The van der Waals surface area contributed by atoms with Gasteiger partial charge in [-0.05, 0) is 44.2 Å². The molecule has 3 aliphatic carbocycles. The highest BCUT2D eigenvalue weighted by atomic mass is 35.5. The summed E-state index contributed by atoms with van der Waals surface area (Å²) in [6.07, 6.45) is 0.695. The van der Waals surface area contributed by atoms with Crippen LogP contribution in [-0.2, 0) is 21.2 Å². The summed E-state index contributed by atoms with van der Waals surface area (Å²) in [5.41, 5.74) is -2.18. The predicted octanol–water partition coefficient (Wildman–Crippen LogP) is 2.78. The number of hydrogen-bond acceptors (Lipinski definition) is 3. The van der Waals surface area contributed by atoms with Crippen molar-refractivity contribution in [2.75, 3.05) is 0 Å². The topological polar surface area (TPSA) is 89.9 Å². The predicted molar refractivity (Wildman–Crippen MR) is 125 cm³/mol. The van der Waals surface area contributed by atoms with E-state index in [4.69, 9.17) is 11.6 Å². The number of aliphatic hydroxyl groups is 2. The van der Waals surface area contributed by atoms with Crippen molar-refractivity contribution in [3.63, 3.8) is 0 Å². The summed E-state index contributed by atoms with van der Waals surface area (Å²) in [5, 5.41) is 27.0. The van der Waals surface area contributed by atoms with Crippen LogP contribution in [0.2, 0.25) is 0 Å². The van der Waals surface area contributed by atoms with Gasteiger partial charge in [-0.3, -0.25) is 4.79 Å². The van der Waals surface area contributed by atoms with Gasteiger partial charge in [0.2, 0.25) is 0 Å². The summed E-state index contributed by atoms with van der Waals surface area (Å²) >= 11 is 7.08. The molecular formula is C26H33ClN2O3. The first-order valence-electron chi connectivity index (χ1n) is 11.3. The van der Waals surface area contributed by atoms with Gasteiger partial charge in [-0.1, -0.05) is 32.1 Å².